The van der Waals surface area contributed by atoms with Crippen LogP contribution in [0.1, 0.15) is 13.8 Å². The third-order valence-corrected chi connectivity index (χ3v) is 1.67. The maximum Gasteiger partial charge on any atom is 0.325 e. The molecule has 0 radical (unpaired) electrons. The Balaban J connectivity index is 3.71. The summed E-state index contributed by atoms with van der Waals surface area (Å²) in [6, 6.07) is -1.41. The molecule has 0 bridgehead atoms. The maximum absolute atomic E-state index is 11.0. The minimum Gasteiger partial charge on any atom is -0.480 e. The van der Waals surface area contributed by atoms with Crippen LogP contribution in [0, 0.1) is 0 Å². The fraction of sp³-hybridized carbons (Fsp3) is 0.750. The van der Waals surface area contributed by atoms with Crippen LogP contribution in [0.3, 0.4) is 0 Å². The Labute approximate surface area is 82.6 Å². The largest absolute Gasteiger partial charge is 0.480 e. The van der Waals surface area contributed by atoms with Gasteiger partial charge in [0.2, 0.25) is 0 Å². The van der Waals surface area contributed by atoms with Crippen LogP contribution in [0.25, 0.3) is 0 Å². The van der Waals surface area contributed by atoms with Gasteiger partial charge in [0.1, 0.15) is 6.04 Å². The van der Waals surface area contributed by atoms with Gasteiger partial charge in [0.05, 0.1) is 6.10 Å². The van der Waals surface area contributed by atoms with E-state index in [0.29, 0.717) is 6.54 Å². The van der Waals surface area contributed by atoms with E-state index in [1.54, 1.807) is 6.92 Å². The molecule has 3 N–H and O–H groups in total. The quantitative estimate of drug-likeness (QED) is 0.578. The van der Waals surface area contributed by atoms with Gasteiger partial charge < -0.3 is 20.5 Å². The second kappa shape index (κ2) is 6.20. The van der Waals surface area contributed by atoms with E-state index in [1.807, 2.05) is 0 Å². The van der Waals surface area contributed by atoms with Crippen LogP contribution < -0.4 is 10.6 Å². The molecule has 0 rings (SSSR count). The summed E-state index contributed by atoms with van der Waals surface area (Å²) >= 11 is 0. The number of nitrogens with one attached hydrogen (secondary N) is 2. The minimum absolute atomic E-state index is 0.0964. The molecule has 0 spiro atoms. The second-order valence-corrected chi connectivity index (χ2v) is 2.96. The van der Waals surface area contributed by atoms with Gasteiger partial charge in [-0.3, -0.25) is 4.79 Å². The highest BCUT2D eigenvalue weighted by molar-refractivity contribution is 5.82. The standard InChI is InChI=1S/C8H16N2O4/c1-5(14-3)4-9-8(13)10-6(2)7(11)12/h5-6H,4H2,1-3H3,(H,11,12)(H2,9,10,13)/t5?,6-/m0/s1. The first kappa shape index (κ1) is 12.7. The van der Waals surface area contributed by atoms with E-state index in [4.69, 9.17) is 9.84 Å². The lowest BCUT2D eigenvalue weighted by Gasteiger charge is -2.13. The minimum atomic E-state index is -1.07. The summed E-state index contributed by atoms with van der Waals surface area (Å²) in [6.45, 7) is 3.53. The molecule has 82 valence electrons. The van der Waals surface area contributed by atoms with Gasteiger partial charge in [-0.1, -0.05) is 0 Å². The highest BCUT2D eigenvalue weighted by Gasteiger charge is 2.13. The number of amides is 2. The van der Waals surface area contributed by atoms with Crippen molar-refractivity contribution in [1.82, 2.24) is 10.6 Å². The van der Waals surface area contributed by atoms with Gasteiger partial charge in [-0.15, -0.1) is 0 Å². The molecule has 2 amide bonds. The number of carbonyl (C=O) groups excluding carboxylic acids is 1. The first-order valence-corrected chi connectivity index (χ1v) is 4.27. The molecular weight excluding hydrogens is 188 g/mol. The van der Waals surface area contributed by atoms with Crippen LogP contribution in [-0.2, 0) is 9.53 Å². The zero-order chi connectivity index (χ0) is 11.1. The third-order valence-electron chi connectivity index (χ3n) is 1.67. The Morgan fingerprint density at radius 3 is 2.43 bits per heavy atom. The van der Waals surface area contributed by atoms with Crippen molar-refractivity contribution in [1.29, 1.82) is 0 Å². The normalized spacial score (nSPS) is 14.2. The van der Waals surface area contributed by atoms with E-state index in [9.17, 15) is 9.59 Å². The van der Waals surface area contributed by atoms with Crippen molar-refractivity contribution in [3.8, 4) is 0 Å². The second-order valence-electron chi connectivity index (χ2n) is 2.96. The lowest BCUT2D eigenvalue weighted by molar-refractivity contribution is -0.138. The van der Waals surface area contributed by atoms with Gasteiger partial charge >= 0.3 is 12.0 Å². The Hall–Kier alpha value is -1.30. The van der Waals surface area contributed by atoms with Gasteiger partial charge in [0.25, 0.3) is 0 Å². The summed E-state index contributed by atoms with van der Waals surface area (Å²) in [5.74, 6) is -1.07. The number of rotatable bonds is 5. The van der Waals surface area contributed by atoms with Gasteiger partial charge in [-0.2, -0.15) is 0 Å². The van der Waals surface area contributed by atoms with Crippen LogP contribution in [0.5, 0.6) is 0 Å². The number of hydrogen-bond acceptors (Lipinski definition) is 3. The average Bonchev–Trinajstić information content (AvgIpc) is 2.13. The Kier molecular flexibility index (Phi) is 5.62. The Morgan fingerprint density at radius 1 is 1.43 bits per heavy atom. The van der Waals surface area contributed by atoms with Gasteiger partial charge in [-0.05, 0) is 13.8 Å². The van der Waals surface area contributed by atoms with Crippen molar-refractivity contribution in [2.24, 2.45) is 0 Å². The van der Waals surface area contributed by atoms with E-state index >= 15 is 0 Å². The molecule has 0 saturated heterocycles. The molecule has 0 heterocycles. The third kappa shape index (κ3) is 5.36. The number of ether oxygens (including phenoxy) is 1. The van der Waals surface area contributed by atoms with Crippen LogP contribution >= 0.6 is 0 Å². The molecule has 0 aliphatic carbocycles. The van der Waals surface area contributed by atoms with E-state index in [1.165, 1.54) is 14.0 Å². The predicted molar refractivity (Wildman–Crippen MR) is 50.1 cm³/mol. The Bertz CT molecular complexity index is 208. The number of carboxylic acids is 1. The van der Waals surface area contributed by atoms with Crippen molar-refractivity contribution in [2.45, 2.75) is 26.0 Å². The number of hydrogen-bond donors (Lipinski definition) is 3. The lowest BCUT2D eigenvalue weighted by Crippen LogP contribution is -2.46. The molecule has 0 aromatic carbocycles. The fourth-order valence-corrected chi connectivity index (χ4v) is 0.629. The topological polar surface area (TPSA) is 87.7 Å². The molecule has 14 heavy (non-hydrogen) atoms. The molecule has 0 aromatic rings. The van der Waals surface area contributed by atoms with Crippen molar-refractivity contribution < 1.29 is 19.4 Å². The lowest BCUT2D eigenvalue weighted by atomic mass is 10.3. The molecule has 0 aliphatic rings. The van der Waals surface area contributed by atoms with Gasteiger partial charge in [0, 0.05) is 13.7 Å². The SMILES string of the molecule is COC(C)CNC(=O)N[C@@H](C)C(=O)O. The molecule has 0 saturated carbocycles. The zero-order valence-corrected chi connectivity index (χ0v) is 8.53. The molecular formula is C8H16N2O4. The zero-order valence-electron chi connectivity index (χ0n) is 8.53. The van der Waals surface area contributed by atoms with Crippen LogP contribution in [-0.4, -0.2) is 42.9 Å². The number of methoxy groups -OCH3 is 1. The van der Waals surface area contributed by atoms with Crippen molar-refractivity contribution >= 4 is 12.0 Å². The molecule has 0 aromatic heterocycles. The number of urea groups is 1. The fourth-order valence-electron chi connectivity index (χ4n) is 0.629. The summed E-state index contributed by atoms with van der Waals surface area (Å²) in [6.07, 6.45) is -0.0964. The number of carboxylic acid groups (broad SMARTS) is 1. The van der Waals surface area contributed by atoms with E-state index in [-0.39, 0.29) is 6.10 Å². The Morgan fingerprint density at radius 2 is 2.00 bits per heavy atom. The molecule has 2 atom stereocenters. The molecule has 0 fully saturated rings. The summed E-state index contributed by atoms with van der Waals surface area (Å²) in [5, 5.41) is 13.2. The summed E-state index contributed by atoms with van der Waals surface area (Å²) in [5.41, 5.74) is 0. The van der Waals surface area contributed by atoms with Crippen LogP contribution in [0.4, 0.5) is 4.79 Å². The van der Waals surface area contributed by atoms with E-state index in [2.05, 4.69) is 10.6 Å². The van der Waals surface area contributed by atoms with E-state index in [0.717, 1.165) is 0 Å². The predicted octanol–water partition coefficient (Wildman–Crippen LogP) is -0.206. The van der Waals surface area contributed by atoms with Crippen molar-refractivity contribution in [3.63, 3.8) is 0 Å². The monoisotopic (exact) mass is 204 g/mol. The first-order chi connectivity index (χ1) is 6.47. The van der Waals surface area contributed by atoms with Gasteiger partial charge in [-0.25, -0.2) is 4.79 Å². The van der Waals surface area contributed by atoms with Crippen LogP contribution in [0.2, 0.25) is 0 Å². The van der Waals surface area contributed by atoms with Gasteiger partial charge in [0.15, 0.2) is 0 Å². The molecule has 0 aliphatic heterocycles. The summed E-state index contributed by atoms with van der Waals surface area (Å²) < 4.78 is 4.89. The molecule has 6 nitrogen and oxygen atoms in total. The first-order valence-electron chi connectivity index (χ1n) is 4.27. The highest BCUT2D eigenvalue weighted by atomic mass is 16.5. The smallest absolute Gasteiger partial charge is 0.325 e. The summed E-state index contributed by atoms with van der Waals surface area (Å²) in [4.78, 5) is 21.4. The number of aliphatic carboxylic acids is 1. The molecule has 6 heteroatoms. The van der Waals surface area contributed by atoms with Crippen molar-refractivity contribution in [3.05, 3.63) is 0 Å². The van der Waals surface area contributed by atoms with Crippen molar-refractivity contribution in [2.75, 3.05) is 13.7 Å². The summed E-state index contributed by atoms with van der Waals surface area (Å²) in [7, 11) is 1.53. The van der Waals surface area contributed by atoms with E-state index < -0.39 is 18.0 Å². The average molecular weight is 204 g/mol. The van der Waals surface area contributed by atoms with Crippen LogP contribution in [0.15, 0.2) is 0 Å². The molecule has 1 unspecified atom stereocenters. The number of carbonyl (C=O) groups is 2. The highest BCUT2D eigenvalue weighted by Crippen LogP contribution is 1.85. The maximum atomic E-state index is 11.0.